The van der Waals surface area contributed by atoms with E-state index in [1.807, 2.05) is 12.1 Å². The Hall–Kier alpha value is -2.62. The Balaban J connectivity index is 2.27. The van der Waals surface area contributed by atoms with Crippen LogP contribution >= 0.6 is 11.6 Å². The first-order chi connectivity index (χ1) is 12.3. The summed E-state index contributed by atoms with van der Waals surface area (Å²) in [6.45, 7) is 0. The molecule has 0 bridgehead atoms. The summed E-state index contributed by atoms with van der Waals surface area (Å²) in [5.41, 5.74) is 7.57. The molecule has 0 aliphatic heterocycles. The topological polar surface area (TPSA) is 114 Å². The van der Waals surface area contributed by atoms with E-state index >= 15 is 0 Å². The lowest BCUT2D eigenvalue weighted by Gasteiger charge is -2.17. The molecule has 0 fully saturated rings. The maximum absolute atomic E-state index is 12.6. The zero-order valence-corrected chi connectivity index (χ0v) is 15.5. The number of nitrogens with two attached hydrogens (primary N) is 1. The summed E-state index contributed by atoms with van der Waals surface area (Å²) in [6, 6.07) is 10.1. The predicted octanol–water partition coefficient (Wildman–Crippen LogP) is 2.21. The fourth-order valence-corrected chi connectivity index (χ4v) is 4.10. The normalized spacial score (nSPS) is 12.8. The molecule has 0 atom stereocenters. The van der Waals surface area contributed by atoms with Crippen LogP contribution in [0.25, 0.3) is 11.0 Å². The number of nitrogen functional groups attached to an aromatic ring is 1. The summed E-state index contributed by atoms with van der Waals surface area (Å²) in [6.07, 6.45) is 1.47. The standard InChI is InChI=1S/C16H16ClN5O3S/c1-21(2)26(24,25)15-11(17)8-7-10(14(15)18)16(20-23)22-9-19-12-5-3-4-6-13(12)22/h3-9,23H,18H2,1-2H3/b20-16-. The Morgan fingerprint density at radius 1 is 1.27 bits per heavy atom. The van der Waals surface area contributed by atoms with Crippen LogP contribution in [0.5, 0.6) is 0 Å². The molecule has 0 aliphatic rings. The van der Waals surface area contributed by atoms with E-state index in [2.05, 4.69) is 10.1 Å². The molecular formula is C16H16ClN5O3S. The van der Waals surface area contributed by atoms with E-state index in [1.165, 1.54) is 37.1 Å². The van der Waals surface area contributed by atoms with Crippen molar-refractivity contribution in [3.63, 3.8) is 0 Å². The number of fused-ring (bicyclic) bond motifs is 1. The molecule has 136 valence electrons. The van der Waals surface area contributed by atoms with Gasteiger partial charge in [0.1, 0.15) is 11.2 Å². The highest BCUT2D eigenvalue weighted by molar-refractivity contribution is 7.89. The molecule has 0 radical (unpaired) electrons. The van der Waals surface area contributed by atoms with Crippen LogP contribution in [0.4, 0.5) is 5.69 Å². The summed E-state index contributed by atoms with van der Waals surface area (Å²) in [5.74, 6) is 0.0306. The average molecular weight is 394 g/mol. The molecule has 26 heavy (non-hydrogen) atoms. The summed E-state index contributed by atoms with van der Waals surface area (Å²) in [5, 5.41) is 12.9. The van der Waals surface area contributed by atoms with Crippen molar-refractivity contribution in [3.05, 3.63) is 53.3 Å². The summed E-state index contributed by atoms with van der Waals surface area (Å²) < 4.78 is 27.7. The van der Waals surface area contributed by atoms with Crippen LogP contribution in [-0.2, 0) is 10.0 Å². The number of benzene rings is 2. The minimum Gasteiger partial charge on any atom is -0.409 e. The maximum Gasteiger partial charge on any atom is 0.246 e. The van der Waals surface area contributed by atoms with Crippen molar-refractivity contribution < 1.29 is 13.6 Å². The van der Waals surface area contributed by atoms with Gasteiger partial charge in [0.15, 0.2) is 5.84 Å². The van der Waals surface area contributed by atoms with Crippen molar-refractivity contribution in [2.45, 2.75) is 4.90 Å². The van der Waals surface area contributed by atoms with E-state index in [0.717, 1.165) is 4.31 Å². The second-order valence-electron chi connectivity index (χ2n) is 5.65. The van der Waals surface area contributed by atoms with Gasteiger partial charge in [0.25, 0.3) is 0 Å². The van der Waals surface area contributed by atoms with Crippen molar-refractivity contribution in [3.8, 4) is 0 Å². The van der Waals surface area contributed by atoms with Crippen LogP contribution < -0.4 is 5.73 Å². The van der Waals surface area contributed by atoms with Crippen LogP contribution in [0, 0.1) is 0 Å². The van der Waals surface area contributed by atoms with E-state index in [-0.39, 0.29) is 27.0 Å². The number of aromatic nitrogens is 2. The van der Waals surface area contributed by atoms with Gasteiger partial charge in [0, 0.05) is 19.7 Å². The third kappa shape index (κ3) is 2.79. The molecule has 8 nitrogen and oxygen atoms in total. The highest BCUT2D eigenvalue weighted by Crippen LogP contribution is 2.33. The number of rotatable bonds is 3. The number of sulfonamides is 1. The number of oxime groups is 1. The van der Waals surface area contributed by atoms with Gasteiger partial charge in [0.2, 0.25) is 10.0 Å². The third-order valence-electron chi connectivity index (χ3n) is 3.90. The van der Waals surface area contributed by atoms with E-state index < -0.39 is 10.0 Å². The van der Waals surface area contributed by atoms with Gasteiger partial charge in [-0.2, -0.15) is 0 Å². The monoisotopic (exact) mass is 393 g/mol. The minimum atomic E-state index is -3.90. The van der Waals surface area contributed by atoms with Gasteiger partial charge in [-0.25, -0.2) is 17.7 Å². The first-order valence-corrected chi connectivity index (χ1v) is 9.26. The minimum absolute atomic E-state index is 0.0206. The Morgan fingerprint density at radius 3 is 2.62 bits per heavy atom. The fraction of sp³-hybridized carbons (Fsp3) is 0.125. The zero-order chi connectivity index (χ0) is 19.1. The lowest BCUT2D eigenvalue weighted by Crippen LogP contribution is -2.25. The van der Waals surface area contributed by atoms with E-state index in [9.17, 15) is 13.6 Å². The predicted molar refractivity (Wildman–Crippen MR) is 100 cm³/mol. The number of nitrogens with zero attached hydrogens (tertiary/aromatic N) is 4. The lowest BCUT2D eigenvalue weighted by molar-refractivity contribution is 0.317. The van der Waals surface area contributed by atoms with Gasteiger partial charge in [0.05, 0.1) is 21.7 Å². The third-order valence-corrected chi connectivity index (χ3v) is 6.25. The smallest absolute Gasteiger partial charge is 0.246 e. The summed E-state index contributed by atoms with van der Waals surface area (Å²) in [7, 11) is -1.14. The van der Waals surface area contributed by atoms with Gasteiger partial charge in [-0.05, 0) is 24.3 Å². The molecule has 0 saturated heterocycles. The highest BCUT2D eigenvalue weighted by atomic mass is 35.5. The number of hydrogen-bond donors (Lipinski definition) is 2. The second kappa shape index (κ2) is 6.60. The van der Waals surface area contributed by atoms with E-state index in [4.69, 9.17) is 17.3 Å². The molecule has 0 spiro atoms. The number of anilines is 1. The van der Waals surface area contributed by atoms with Gasteiger partial charge in [-0.3, -0.25) is 4.57 Å². The Kier molecular flexibility index (Phi) is 4.61. The summed E-state index contributed by atoms with van der Waals surface area (Å²) >= 11 is 6.09. The van der Waals surface area contributed by atoms with Crippen LogP contribution in [0.1, 0.15) is 5.56 Å². The number of imidazole rings is 1. The van der Waals surface area contributed by atoms with Crippen molar-refractivity contribution in [2.24, 2.45) is 5.16 Å². The molecule has 0 aliphatic carbocycles. The van der Waals surface area contributed by atoms with Gasteiger partial charge < -0.3 is 10.9 Å². The molecule has 3 N–H and O–H groups in total. The van der Waals surface area contributed by atoms with Crippen molar-refractivity contribution in [2.75, 3.05) is 19.8 Å². The van der Waals surface area contributed by atoms with Crippen molar-refractivity contribution >= 4 is 44.2 Å². The zero-order valence-electron chi connectivity index (χ0n) is 14.0. The highest BCUT2D eigenvalue weighted by Gasteiger charge is 2.27. The fourth-order valence-electron chi connectivity index (χ4n) is 2.57. The quantitative estimate of drug-likeness (QED) is 0.233. The molecule has 0 amide bonds. The molecule has 0 saturated carbocycles. The maximum atomic E-state index is 12.6. The Bertz CT molecular complexity index is 1120. The molecule has 3 rings (SSSR count). The van der Waals surface area contributed by atoms with Gasteiger partial charge in [-0.15, -0.1) is 0 Å². The SMILES string of the molecule is CN(C)S(=O)(=O)c1c(Cl)ccc(/C(=N/O)n2cnc3ccccc32)c1N. The molecule has 1 aromatic heterocycles. The summed E-state index contributed by atoms with van der Waals surface area (Å²) in [4.78, 5) is 3.99. The molecule has 1 heterocycles. The molecule has 10 heteroatoms. The van der Waals surface area contributed by atoms with Crippen LogP contribution in [0.2, 0.25) is 5.02 Å². The molecule has 0 unspecified atom stereocenters. The van der Waals surface area contributed by atoms with Crippen molar-refractivity contribution in [1.82, 2.24) is 13.9 Å². The van der Waals surface area contributed by atoms with Crippen LogP contribution in [0.3, 0.4) is 0 Å². The number of para-hydroxylation sites is 2. The van der Waals surface area contributed by atoms with Crippen molar-refractivity contribution in [1.29, 1.82) is 0 Å². The molecule has 3 aromatic rings. The van der Waals surface area contributed by atoms with Gasteiger partial charge >= 0.3 is 0 Å². The van der Waals surface area contributed by atoms with E-state index in [0.29, 0.717) is 11.0 Å². The van der Waals surface area contributed by atoms with Crippen LogP contribution in [-0.4, -0.2) is 47.4 Å². The largest absolute Gasteiger partial charge is 0.409 e. The first-order valence-electron chi connectivity index (χ1n) is 7.44. The first kappa shape index (κ1) is 18.2. The van der Waals surface area contributed by atoms with Gasteiger partial charge in [-0.1, -0.05) is 28.9 Å². The average Bonchev–Trinajstić information content (AvgIpc) is 3.01. The second-order valence-corrected chi connectivity index (χ2v) is 8.15. The van der Waals surface area contributed by atoms with Crippen LogP contribution in [0.15, 0.2) is 52.8 Å². The lowest BCUT2D eigenvalue weighted by atomic mass is 10.1. The van der Waals surface area contributed by atoms with E-state index in [1.54, 1.807) is 12.1 Å². The Labute approximate surface area is 155 Å². The molecule has 2 aromatic carbocycles. The number of hydrogen-bond acceptors (Lipinski definition) is 6. The molecular weight excluding hydrogens is 378 g/mol. The Morgan fingerprint density at radius 2 is 1.96 bits per heavy atom. The number of halogens is 1.